The van der Waals surface area contributed by atoms with Gasteiger partial charge in [0.15, 0.2) is 5.76 Å². The summed E-state index contributed by atoms with van der Waals surface area (Å²) < 4.78 is 10.6. The maximum atomic E-state index is 12.9. The number of anilines is 1. The van der Waals surface area contributed by atoms with Gasteiger partial charge in [0.05, 0.1) is 5.51 Å². The highest BCUT2D eigenvalue weighted by molar-refractivity contribution is 7.80. The quantitative estimate of drug-likeness (QED) is 0.455. The molecule has 0 radical (unpaired) electrons. The fourth-order valence-corrected chi connectivity index (χ4v) is 3.51. The number of aromatic nitrogens is 3. The summed E-state index contributed by atoms with van der Waals surface area (Å²) in [5.74, 6) is 1.48. The Morgan fingerprint density at radius 2 is 2.10 bits per heavy atom. The molecule has 1 atom stereocenters. The van der Waals surface area contributed by atoms with E-state index in [1.54, 1.807) is 35.8 Å². The Labute approximate surface area is 175 Å². The van der Waals surface area contributed by atoms with Gasteiger partial charge in [0, 0.05) is 23.4 Å². The van der Waals surface area contributed by atoms with Gasteiger partial charge in [0.1, 0.15) is 21.9 Å². The van der Waals surface area contributed by atoms with E-state index >= 15 is 0 Å². The Balaban J connectivity index is 1.56. The van der Waals surface area contributed by atoms with Gasteiger partial charge in [-0.2, -0.15) is 12.6 Å². The zero-order chi connectivity index (χ0) is 20.4. The molecule has 0 aliphatic rings. The van der Waals surface area contributed by atoms with Crippen molar-refractivity contribution < 1.29 is 19.2 Å². The molecule has 1 unspecified atom stereocenters. The van der Waals surface area contributed by atoms with Crippen LogP contribution in [-0.2, 0) is 0 Å². The van der Waals surface area contributed by atoms with Gasteiger partial charge in [0.2, 0.25) is 0 Å². The number of hydrogen-bond acceptors (Lipinski definition) is 9. The molecule has 0 fully saturated rings. The summed E-state index contributed by atoms with van der Waals surface area (Å²) in [6.07, 6.45) is -0.562. The Hall–Kier alpha value is -3.11. The number of carbonyl (C=O) groups excluding carboxylic acids is 1. The minimum Gasteiger partial charge on any atom is -0.491 e. The molecule has 4 aromatic rings. The fourth-order valence-electron chi connectivity index (χ4n) is 2.70. The Morgan fingerprint density at radius 3 is 2.79 bits per heavy atom. The van der Waals surface area contributed by atoms with Gasteiger partial charge < -0.3 is 14.4 Å². The minimum absolute atomic E-state index is 0.197. The average Bonchev–Trinajstić information content (AvgIpc) is 3.37. The molecule has 4 rings (SSSR count). The normalized spacial score (nSPS) is 12.1. The first-order chi connectivity index (χ1) is 14.0. The molecule has 0 aliphatic carbocycles. The molecule has 8 nitrogen and oxygen atoms in total. The highest BCUT2D eigenvalue weighted by Crippen LogP contribution is 2.27. The van der Waals surface area contributed by atoms with Crippen molar-refractivity contribution in [1.29, 1.82) is 0 Å². The van der Waals surface area contributed by atoms with Crippen molar-refractivity contribution in [2.45, 2.75) is 13.0 Å². The number of carbonyl (C=O) groups is 1. The van der Waals surface area contributed by atoms with Gasteiger partial charge in [-0.1, -0.05) is 0 Å². The van der Waals surface area contributed by atoms with Crippen LogP contribution < -0.4 is 9.64 Å². The number of benzene rings is 1. The molecule has 10 heteroatoms. The first kappa shape index (κ1) is 19.2. The van der Waals surface area contributed by atoms with Crippen LogP contribution in [0.4, 0.5) is 10.6 Å². The summed E-state index contributed by atoms with van der Waals surface area (Å²) in [6.45, 7) is 1.87. The highest BCUT2D eigenvalue weighted by atomic mass is 32.1. The van der Waals surface area contributed by atoms with Crippen LogP contribution in [0.1, 0.15) is 6.92 Å². The molecular formula is C19H16N4O4S2. The molecule has 1 aromatic carbocycles. The van der Waals surface area contributed by atoms with E-state index < -0.39 is 6.09 Å². The van der Waals surface area contributed by atoms with Gasteiger partial charge in [-0.15, -0.1) is 11.3 Å². The second-order valence-electron chi connectivity index (χ2n) is 6.19. The molecule has 0 saturated carbocycles. The van der Waals surface area contributed by atoms with Crippen LogP contribution in [-0.4, -0.2) is 38.1 Å². The molecule has 3 aromatic heterocycles. The molecule has 1 N–H and O–H groups in total. The van der Waals surface area contributed by atoms with Gasteiger partial charge in [-0.05, 0) is 48.5 Å². The number of thiazole rings is 1. The number of hydrogen-bond donors (Lipinski definition) is 2. The van der Waals surface area contributed by atoms with E-state index in [0.717, 1.165) is 10.3 Å². The zero-order valence-corrected chi connectivity index (χ0v) is 16.9. The molecule has 0 saturated heterocycles. The van der Waals surface area contributed by atoms with Crippen LogP contribution >= 0.6 is 24.0 Å². The predicted octanol–water partition coefficient (Wildman–Crippen LogP) is 4.38. The van der Waals surface area contributed by atoms with E-state index in [9.17, 15) is 9.90 Å². The smallest absolute Gasteiger partial charge is 0.421 e. The lowest BCUT2D eigenvalue weighted by molar-refractivity contribution is 0.205. The van der Waals surface area contributed by atoms with Gasteiger partial charge in [-0.3, -0.25) is 4.90 Å². The van der Waals surface area contributed by atoms with E-state index in [0.29, 0.717) is 28.6 Å². The van der Waals surface area contributed by atoms with Crippen LogP contribution in [0.2, 0.25) is 0 Å². The van der Waals surface area contributed by atoms with E-state index in [2.05, 4.69) is 27.8 Å². The molecule has 0 spiro atoms. The number of aromatic hydroxyl groups is 1. The monoisotopic (exact) mass is 428 g/mol. The summed E-state index contributed by atoms with van der Waals surface area (Å²) in [5.41, 5.74) is 3.18. The Bertz CT molecular complexity index is 1140. The summed E-state index contributed by atoms with van der Waals surface area (Å²) in [7, 11) is 0. The lowest BCUT2D eigenvalue weighted by Crippen LogP contribution is -2.42. The fraction of sp³-hybridized carbons (Fsp3) is 0.158. The third-order valence-corrected chi connectivity index (χ3v) is 5.43. The third-order valence-electron chi connectivity index (χ3n) is 4.17. The molecule has 0 bridgehead atoms. The van der Waals surface area contributed by atoms with Crippen LogP contribution in [0.25, 0.3) is 21.7 Å². The van der Waals surface area contributed by atoms with Gasteiger partial charge >= 0.3 is 6.09 Å². The Kier molecular flexibility index (Phi) is 5.36. The second kappa shape index (κ2) is 8.10. The molecule has 148 valence electrons. The maximum Gasteiger partial charge on any atom is 0.421 e. The van der Waals surface area contributed by atoms with E-state index in [-0.39, 0.29) is 11.9 Å². The van der Waals surface area contributed by atoms with Crippen LogP contribution in [0.5, 0.6) is 11.6 Å². The summed E-state index contributed by atoms with van der Waals surface area (Å²) in [6, 6.07) is 11.4. The van der Waals surface area contributed by atoms with Gasteiger partial charge in [0.25, 0.3) is 5.88 Å². The maximum absolute atomic E-state index is 12.9. The molecular weight excluding hydrogens is 412 g/mol. The lowest BCUT2D eigenvalue weighted by Gasteiger charge is -2.26. The van der Waals surface area contributed by atoms with Crippen LogP contribution in [0.15, 0.2) is 52.5 Å². The first-order valence-corrected chi connectivity index (χ1v) is 10.1. The van der Waals surface area contributed by atoms with Crippen LogP contribution in [0.3, 0.4) is 0 Å². The van der Waals surface area contributed by atoms with Crippen molar-refractivity contribution in [2.75, 3.05) is 10.7 Å². The summed E-state index contributed by atoms with van der Waals surface area (Å²) >= 11 is 5.72. The highest BCUT2D eigenvalue weighted by Gasteiger charge is 2.25. The van der Waals surface area contributed by atoms with E-state index in [1.165, 1.54) is 22.3 Å². The first-order valence-electron chi connectivity index (χ1n) is 8.63. The second-order valence-corrected chi connectivity index (χ2v) is 7.39. The minimum atomic E-state index is -0.562. The van der Waals surface area contributed by atoms with E-state index in [4.69, 9.17) is 9.26 Å². The van der Waals surface area contributed by atoms with Crippen molar-refractivity contribution in [2.24, 2.45) is 0 Å². The van der Waals surface area contributed by atoms with Crippen molar-refractivity contribution in [3.05, 3.63) is 48.0 Å². The average molecular weight is 428 g/mol. The third kappa shape index (κ3) is 4.03. The van der Waals surface area contributed by atoms with Crippen molar-refractivity contribution in [3.63, 3.8) is 0 Å². The molecule has 1 amide bonds. The number of nitrogens with zero attached hydrogens (tertiary/aromatic N) is 4. The number of fused-ring (bicyclic) bond motifs is 1. The van der Waals surface area contributed by atoms with Crippen LogP contribution in [0, 0.1) is 0 Å². The van der Waals surface area contributed by atoms with Crippen molar-refractivity contribution in [1.82, 2.24) is 15.1 Å². The number of pyridine rings is 1. The lowest BCUT2D eigenvalue weighted by atomic mass is 10.2. The summed E-state index contributed by atoms with van der Waals surface area (Å²) in [5, 5.41) is 12.7. The molecule has 29 heavy (non-hydrogen) atoms. The molecule has 0 aliphatic heterocycles. The standard InChI is InChI=1S/C19H16N4O4S2/c1-11(9-28)23(16-7-6-14-18(21-16)29-10-20-14)19(25)26-13-4-2-12(3-5-13)15-8-17(24)22-27-15/h2-8,10-11,28H,9H2,1H3,(H,22,24). The summed E-state index contributed by atoms with van der Waals surface area (Å²) in [4.78, 5) is 23.8. The number of amides is 1. The largest absolute Gasteiger partial charge is 0.491 e. The topological polar surface area (TPSA) is 102 Å². The number of thiol groups is 1. The van der Waals surface area contributed by atoms with E-state index in [1.807, 2.05) is 13.0 Å². The van der Waals surface area contributed by atoms with Gasteiger partial charge in [-0.25, -0.2) is 14.8 Å². The predicted molar refractivity (Wildman–Crippen MR) is 113 cm³/mol. The zero-order valence-electron chi connectivity index (χ0n) is 15.2. The number of ether oxygens (including phenoxy) is 1. The van der Waals surface area contributed by atoms with Crippen molar-refractivity contribution >= 4 is 46.2 Å². The molecule has 3 heterocycles. The Morgan fingerprint density at radius 1 is 1.31 bits per heavy atom. The SMILES string of the molecule is CC(CS)N(C(=O)Oc1ccc(-c2cc(O)no2)cc1)c1ccc2ncsc2n1. The van der Waals surface area contributed by atoms with Crippen molar-refractivity contribution in [3.8, 4) is 23.0 Å². The number of rotatable bonds is 5.